The number of alkyl halides is 1. The zero-order chi connectivity index (χ0) is 72.4. The summed E-state index contributed by atoms with van der Waals surface area (Å²) in [6.07, 6.45) is 3.51. The third-order valence-corrected chi connectivity index (χ3v) is 16.3. The van der Waals surface area contributed by atoms with Crippen LogP contribution in [0, 0.1) is 0 Å². The minimum Gasteiger partial charge on any atom is -0.545 e. The van der Waals surface area contributed by atoms with E-state index in [0.717, 1.165) is 46.1 Å². The van der Waals surface area contributed by atoms with Crippen LogP contribution in [0.4, 0.5) is 27.1 Å². The molecule has 0 saturated heterocycles. The zero-order valence-electron chi connectivity index (χ0n) is 58.1. The Hall–Kier alpha value is -9.07. The summed E-state index contributed by atoms with van der Waals surface area (Å²) < 4.78 is 60.9. The van der Waals surface area contributed by atoms with Gasteiger partial charge in [-0.05, 0) is 104 Å². The molecule has 5 N–H and O–H groups in total. The third-order valence-electron chi connectivity index (χ3n) is 15.8. The molecule has 1 aliphatic heterocycles. The van der Waals surface area contributed by atoms with Crippen LogP contribution in [0.3, 0.4) is 0 Å². The van der Waals surface area contributed by atoms with Crippen molar-refractivity contribution in [3.63, 3.8) is 0 Å². The van der Waals surface area contributed by atoms with Gasteiger partial charge < -0.3 is 63.5 Å². The molecule has 5 aromatic carbocycles. The molecule has 2 atom stereocenters. The van der Waals surface area contributed by atoms with Crippen molar-refractivity contribution >= 4 is 76.8 Å². The molecule has 2 unspecified atom stereocenters. The second kappa shape index (κ2) is 42.1. The monoisotopic (exact) mass is 1400 g/mol. The van der Waals surface area contributed by atoms with E-state index in [-0.39, 0.29) is 66.4 Å². The molecule has 100 heavy (non-hydrogen) atoms. The summed E-state index contributed by atoms with van der Waals surface area (Å²) in [5.41, 5.74) is 6.88. The fraction of sp³-hybridized carbons (Fsp3) is 0.419. The number of anilines is 2. The largest absolute Gasteiger partial charge is 0.545 e. The van der Waals surface area contributed by atoms with Gasteiger partial charge in [0.05, 0.1) is 76.3 Å². The second-order valence-corrected chi connectivity index (χ2v) is 25.4. The number of carboxylic acid groups (broad SMARTS) is 1. The van der Waals surface area contributed by atoms with E-state index in [4.69, 9.17) is 33.2 Å². The number of ether oxygens (including phenoxy) is 4. The van der Waals surface area contributed by atoms with Gasteiger partial charge in [0.2, 0.25) is 23.1 Å². The standard InChI is InChI=1S/C50H72FN6O13P.C24H22N2O3/c1-38(58)52-29-31-67-33-35-69-37-36-68-34-32-66-30-27-48(61)54-44(15-8-7-10-16-45(59)39-19-21-40(22-20-39)55-56-41-23-25-42(26-24-41)57(2)3)50(62)53-28-13-6-4-5-9-17-46(60)49(51)43-14-11-12-18-47(43)70-71(63,64)65;1-25(2)15-9-11-19-21(13-15)29-22-14-16(26(3)4)10-12-20(22)23(19)17-7-5-6-8-18(17)24(27)28/h11-12,14,18-26,44,49H,4-10,13,15-17,27-37H2,1-3H3,(H,52,58)(H,53,62)(H,54,61)(H2,63,64,65);5-14H,1-4H3. The lowest BCUT2D eigenvalue weighted by Gasteiger charge is -2.19. The number of unbranched alkanes of at least 4 members (excludes halogenated alkanes) is 6. The minimum absolute atomic E-state index is 0.0119. The number of phosphoric ester groups is 1. The number of nitrogens with one attached hydrogen (secondary N) is 3. The van der Waals surface area contributed by atoms with Crippen LogP contribution in [0.15, 0.2) is 148 Å². The summed E-state index contributed by atoms with van der Waals surface area (Å²) in [4.78, 5) is 96.7. The summed E-state index contributed by atoms with van der Waals surface area (Å²) >= 11 is 0. The first-order valence-corrected chi connectivity index (χ1v) is 35.0. The van der Waals surface area contributed by atoms with Crippen LogP contribution in [0.1, 0.15) is 116 Å². The van der Waals surface area contributed by atoms with Gasteiger partial charge in [0.15, 0.2) is 17.7 Å². The highest BCUT2D eigenvalue weighted by molar-refractivity contribution is 7.46. The van der Waals surface area contributed by atoms with E-state index in [1.165, 1.54) is 31.2 Å². The third kappa shape index (κ3) is 27.6. The van der Waals surface area contributed by atoms with Gasteiger partial charge in [0.1, 0.15) is 37.2 Å². The van der Waals surface area contributed by atoms with Crippen molar-refractivity contribution in [1.82, 2.24) is 20.5 Å². The van der Waals surface area contributed by atoms with Gasteiger partial charge in [-0.3, -0.25) is 33.8 Å². The molecule has 0 aromatic heterocycles. The first-order chi connectivity index (χ1) is 48.0. The van der Waals surface area contributed by atoms with Gasteiger partial charge >= 0.3 is 7.82 Å². The number of azo groups is 1. The first-order valence-electron chi connectivity index (χ1n) is 33.4. The Kier molecular flexibility index (Phi) is 33.7. The van der Waals surface area contributed by atoms with Crippen molar-refractivity contribution in [1.29, 1.82) is 0 Å². The predicted octanol–water partition coefficient (Wildman–Crippen LogP) is 10.3. The Balaban J connectivity index is 0.000000445. The van der Waals surface area contributed by atoms with Crippen molar-refractivity contribution in [2.45, 2.75) is 96.2 Å². The molecule has 1 heterocycles. The number of para-hydroxylation sites is 1. The van der Waals surface area contributed by atoms with Crippen LogP contribution in [-0.4, -0.2) is 159 Å². The topological polar surface area (TPSA) is 313 Å². The number of rotatable bonds is 42. The summed E-state index contributed by atoms with van der Waals surface area (Å²) in [6.45, 7) is 4.87. The molecular formula is C74H94FN8O16P. The maximum absolute atomic E-state index is 15.0. The van der Waals surface area contributed by atoms with Crippen LogP contribution in [0.5, 0.6) is 5.75 Å². The highest BCUT2D eigenvalue weighted by Crippen LogP contribution is 2.43. The van der Waals surface area contributed by atoms with Crippen molar-refractivity contribution < 1.29 is 80.5 Å². The molecule has 5 aromatic rings. The molecule has 0 spiro atoms. The number of ketones is 2. The number of phosphoric acid groups is 1. The van der Waals surface area contributed by atoms with E-state index >= 15 is 0 Å². The molecule has 1 aliphatic carbocycles. The number of hydrogen-bond acceptors (Lipinski definition) is 18. The van der Waals surface area contributed by atoms with Crippen LogP contribution in [0.25, 0.3) is 33.4 Å². The molecule has 0 bridgehead atoms. The van der Waals surface area contributed by atoms with Crippen LogP contribution < -0.4 is 45.3 Å². The molecule has 7 rings (SSSR count). The molecule has 0 radical (unpaired) electrons. The van der Waals surface area contributed by atoms with E-state index < -0.39 is 31.8 Å². The molecule has 538 valence electrons. The lowest BCUT2D eigenvalue weighted by molar-refractivity contribution is -0.255. The van der Waals surface area contributed by atoms with Gasteiger partial charge in [-0.25, -0.2) is 13.5 Å². The Morgan fingerprint density at radius 3 is 1.84 bits per heavy atom. The number of nitrogens with zero attached hydrogens (tertiary/aromatic N) is 5. The zero-order valence-corrected chi connectivity index (χ0v) is 59.0. The smallest absolute Gasteiger partial charge is 0.524 e. The molecule has 24 nitrogen and oxygen atoms in total. The van der Waals surface area contributed by atoms with E-state index in [0.29, 0.717) is 138 Å². The SMILES string of the molecule is CC(=O)NCCOCCOCCOCCOCCC(=O)NC(CCCCCC(=O)c1ccc(N=Nc2ccc(N(C)C)cc2)cc1)C(=O)NCCCCCCCC(=O)C(F)c1ccccc1OP(=O)(O)O.CN(C)c1ccc2c(-c3ccccc3C(=O)[O-])c3ccc(=[N+](C)C)cc-3oc2c1. The number of halogens is 1. The quantitative estimate of drug-likeness (QED) is 0.00593. The molecule has 26 heteroatoms. The summed E-state index contributed by atoms with van der Waals surface area (Å²) in [5.74, 6) is -2.40. The lowest BCUT2D eigenvalue weighted by Crippen LogP contribution is -2.47. The van der Waals surface area contributed by atoms with Crippen molar-refractivity contribution in [3.8, 4) is 28.2 Å². The Bertz CT molecular complexity index is 3900. The fourth-order valence-corrected chi connectivity index (χ4v) is 10.9. The van der Waals surface area contributed by atoms with E-state index in [1.807, 2.05) is 129 Å². The second-order valence-electron chi connectivity index (χ2n) is 24.2. The maximum Gasteiger partial charge on any atom is 0.524 e. The van der Waals surface area contributed by atoms with Gasteiger partial charge in [-0.1, -0.05) is 74.6 Å². The van der Waals surface area contributed by atoms with Crippen LogP contribution >= 0.6 is 7.82 Å². The maximum atomic E-state index is 15.0. The molecule has 3 amide bonds. The number of benzene rings is 6. The summed E-state index contributed by atoms with van der Waals surface area (Å²) in [6, 6.07) is 38.0. The number of carbonyl (C=O) groups is 6. The van der Waals surface area contributed by atoms with Crippen LogP contribution in [0.2, 0.25) is 0 Å². The summed E-state index contributed by atoms with van der Waals surface area (Å²) in [7, 11) is 6.86. The number of fused-ring (bicyclic) bond motifs is 2. The Morgan fingerprint density at radius 1 is 0.620 bits per heavy atom. The number of carbonyl (C=O) groups excluding carboxylic acids is 6. The van der Waals surface area contributed by atoms with E-state index in [1.54, 1.807) is 36.4 Å². The number of Topliss-reactive ketones (excluding diaryl/α,β-unsaturated/α-hetero) is 2. The average Bonchev–Trinajstić information content (AvgIpc) is 0.748. The minimum atomic E-state index is -4.95. The number of carboxylic acids is 1. The number of amides is 3. The Morgan fingerprint density at radius 2 is 1.20 bits per heavy atom. The molecule has 0 saturated carbocycles. The van der Waals surface area contributed by atoms with E-state index in [9.17, 15) is 42.8 Å². The molecule has 2 aliphatic rings. The molecule has 0 fully saturated rings. The number of aromatic carboxylic acids is 1. The van der Waals surface area contributed by atoms with E-state index in [2.05, 4.69) is 30.7 Å². The first kappa shape index (κ1) is 79.9. The Labute approximate surface area is 583 Å². The predicted molar refractivity (Wildman–Crippen MR) is 380 cm³/mol. The lowest BCUT2D eigenvalue weighted by atomic mass is 9.90. The molecular weight excluding hydrogens is 1310 g/mol. The highest BCUT2D eigenvalue weighted by atomic mass is 31.2. The van der Waals surface area contributed by atoms with Gasteiger partial charge in [0, 0.05) is 124 Å². The van der Waals surface area contributed by atoms with Gasteiger partial charge in [0.25, 0.3) is 0 Å². The van der Waals surface area contributed by atoms with Crippen molar-refractivity contribution in [2.75, 3.05) is 118 Å². The van der Waals surface area contributed by atoms with Crippen molar-refractivity contribution in [2.24, 2.45) is 10.2 Å². The fourth-order valence-electron chi connectivity index (χ4n) is 10.4. The van der Waals surface area contributed by atoms with Gasteiger partial charge in [-0.2, -0.15) is 10.2 Å². The number of hydrogen-bond donors (Lipinski definition) is 5. The van der Waals surface area contributed by atoms with Crippen molar-refractivity contribution in [3.05, 3.63) is 156 Å². The summed E-state index contributed by atoms with van der Waals surface area (Å²) in [5, 5.41) is 30.6. The van der Waals surface area contributed by atoms with Crippen LogP contribution in [-0.2, 0) is 42.7 Å². The average molecular weight is 1400 g/mol. The normalized spacial score (nSPS) is 11.9. The highest BCUT2D eigenvalue weighted by Gasteiger charge is 2.27. The van der Waals surface area contributed by atoms with Gasteiger partial charge in [-0.15, -0.1) is 0 Å².